The summed E-state index contributed by atoms with van der Waals surface area (Å²) in [7, 11) is 0. The second-order valence-corrected chi connectivity index (χ2v) is 4.98. The minimum atomic E-state index is 0. The Morgan fingerprint density at radius 2 is 1.84 bits per heavy atom. The molecule has 0 bridgehead atoms. The average Bonchev–Trinajstić information content (AvgIpc) is 2.41. The highest BCUT2D eigenvalue weighted by Gasteiger charge is 2.20. The van der Waals surface area contributed by atoms with Gasteiger partial charge in [-0.15, -0.1) is 11.6 Å². The van der Waals surface area contributed by atoms with Crippen LogP contribution in [0.5, 0.6) is 0 Å². The van der Waals surface area contributed by atoms with Gasteiger partial charge in [0, 0.05) is 32.7 Å². The summed E-state index contributed by atoms with van der Waals surface area (Å²) >= 11 is 5.57. The molecule has 5 heteroatoms. The number of aryl methyl sites for hydroxylation is 1. The molecule has 0 atom stereocenters. The van der Waals surface area contributed by atoms with E-state index in [1.807, 2.05) is 4.90 Å². The maximum atomic E-state index is 11.5. The Morgan fingerprint density at radius 3 is 2.42 bits per heavy atom. The third-order valence-electron chi connectivity index (χ3n) is 3.49. The number of carbonyl (C=O) groups is 1. The van der Waals surface area contributed by atoms with Crippen molar-refractivity contribution in [3.63, 3.8) is 0 Å². The summed E-state index contributed by atoms with van der Waals surface area (Å²) in [5.41, 5.74) is 2.70. The van der Waals surface area contributed by atoms with Crippen LogP contribution in [0.3, 0.4) is 0 Å². The summed E-state index contributed by atoms with van der Waals surface area (Å²) in [5, 5.41) is 0. The van der Waals surface area contributed by atoms with E-state index in [-0.39, 0.29) is 24.2 Å². The summed E-state index contributed by atoms with van der Waals surface area (Å²) in [6, 6.07) is 8.46. The monoisotopic (exact) mass is 301 g/mol. The van der Waals surface area contributed by atoms with Crippen LogP contribution < -0.4 is 12.4 Å². The van der Waals surface area contributed by atoms with Crippen molar-refractivity contribution in [3.8, 4) is 0 Å². The predicted molar refractivity (Wildman–Crippen MR) is 73.8 cm³/mol. The summed E-state index contributed by atoms with van der Waals surface area (Å²) in [6.45, 7) is 6.54. The first-order chi connectivity index (χ1) is 8.70. The Hall–Kier alpha value is -0.770. The lowest BCUT2D eigenvalue weighted by Gasteiger charge is -2.34. The number of nitrogens with zero attached hydrogens (tertiary/aromatic N) is 2. The van der Waals surface area contributed by atoms with Gasteiger partial charge in [0.2, 0.25) is 5.91 Å². The van der Waals surface area contributed by atoms with Crippen molar-refractivity contribution >= 4 is 17.5 Å². The van der Waals surface area contributed by atoms with Crippen LogP contribution in [-0.4, -0.2) is 47.8 Å². The van der Waals surface area contributed by atoms with Crippen molar-refractivity contribution in [2.24, 2.45) is 0 Å². The quantitative estimate of drug-likeness (QED) is 0.661. The molecule has 3 nitrogen and oxygen atoms in total. The van der Waals surface area contributed by atoms with Crippen molar-refractivity contribution in [3.05, 3.63) is 35.4 Å². The lowest BCUT2D eigenvalue weighted by Crippen LogP contribution is -3.00. The van der Waals surface area contributed by atoms with E-state index in [1.165, 1.54) is 11.1 Å². The first-order valence-corrected chi connectivity index (χ1v) is 6.85. The predicted octanol–water partition coefficient (Wildman–Crippen LogP) is -1.12. The smallest absolute Gasteiger partial charge is 0.237 e. The van der Waals surface area contributed by atoms with Crippen LogP contribution in [0.1, 0.15) is 11.1 Å². The number of halogens is 2. The van der Waals surface area contributed by atoms with Crippen LogP contribution in [0.4, 0.5) is 0 Å². The molecule has 0 aliphatic carbocycles. The fourth-order valence-corrected chi connectivity index (χ4v) is 2.44. The van der Waals surface area contributed by atoms with E-state index in [2.05, 4.69) is 36.1 Å². The van der Waals surface area contributed by atoms with Gasteiger partial charge in [-0.2, -0.15) is 0 Å². The summed E-state index contributed by atoms with van der Waals surface area (Å²) < 4.78 is 0. The third kappa shape index (κ3) is 4.37. The Kier molecular flexibility index (Phi) is 6.63. The zero-order valence-electron chi connectivity index (χ0n) is 11.1. The normalized spacial score (nSPS) is 16.0. The van der Waals surface area contributed by atoms with Gasteiger partial charge in [-0.05, 0) is 18.1 Å². The van der Waals surface area contributed by atoms with Crippen molar-refractivity contribution in [2.45, 2.75) is 13.5 Å². The molecule has 1 aromatic carbocycles. The van der Waals surface area contributed by atoms with Gasteiger partial charge in [-0.25, -0.2) is 0 Å². The second-order valence-electron chi connectivity index (χ2n) is 4.72. The molecular formula is C14H19Cl2N2O-. The zero-order valence-corrected chi connectivity index (χ0v) is 12.6. The van der Waals surface area contributed by atoms with Crippen LogP contribution >= 0.6 is 11.6 Å². The molecule has 0 N–H and O–H groups in total. The number of alkyl halides is 1. The topological polar surface area (TPSA) is 23.6 Å². The molecule has 0 unspecified atom stereocenters. The van der Waals surface area contributed by atoms with Crippen LogP contribution in [-0.2, 0) is 11.3 Å². The van der Waals surface area contributed by atoms with Gasteiger partial charge in [0.25, 0.3) is 0 Å². The van der Waals surface area contributed by atoms with Crippen molar-refractivity contribution in [2.75, 3.05) is 32.1 Å². The summed E-state index contributed by atoms with van der Waals surface area (Å²) in [5.74, 6) is 0.143. The van der Waals surface area contributed by atoms with Gasteiger partial charge in [0.1, 0.15) is 5.88 Å². The van der Waals surface area contributed by atoms with E-state index < -0.39 is 0 Å². The van der Waals surface area contributed by atoms with Gasteiger partial charge in [0.15, 0.2) is 0 Å². The summed E-state index contributed by atoms with van der Waals surface area (Å²) in [4.78, 5) is 15.7. The van der Waals surface area contributed by atoms with Crippen molar-refractivity contribution < 1.29 is 17.2 Å². The number of carbonyl (C=O) groups excluding carboxylic acids is 1. The molecule has 0 aromatic heterocycles. The number of hydrogen-bond donors (Lipinski definition) is 0. The van der Waals surface area contributed by atoms with E-state index in [1.54, 1.807) is 0 Å². The Balaban J connectivity index is 0.00000180. The number of benzene rings is 1. The third-order valence-corrected chi connectivity index (χ3v) is 3.72. The van der Waals surface area contributed by atoms with E-state index in [0.29, 0.717) is 0 Å². The minimum Gasteiger partial charge on any atom is -1.00 e. The molecule has 1 aliphatic rings. The zero-order chi connectivity index (χ0) is 13.0. The minimum absolute atomic E-state index is 0. The van der Waals surface area contributed by atoms with Gasteiger partial charge < -0.3 is 17.3 Å². The van der Waals surface area contributed by atoms with Gasteiger partial charge in [-0.1, -0.05) is 24.3 Å². The molecular weight excluding hydrogens is 283 g/mol. The first-order valence-electron chi connectivity index (χ1n) is 6.31. The number of rotatable bonds is 3. The lowest BCUT2D eigenvalue weighted by molar-refractivity contribution is -0.130. The van der Waals surface area contributed by atoms with Crippen molar-refractivity contribution in [1.29, 1.82) is 0 Å². The molecule has 1 aliphatic heterocycles. The molecule has 0 radical (unpaired) electrons. The Morgan fingerprint density at radius 1 is 1.21 bits per heavy atom. The molecule has 19 heavy (non-hydrogen) atoms. The highest BCUT2D eigenvalue weighted by molar-refractivity contribution is 6.27. The Bertz CT molecular complexity index is 418. The van der Waals surface area contributed by atoms with E-state index >= 15 is 0 Å². The highest BCUT2D eigenvalue weighted by atomic mass is 35.5. The first kappa shape index (κ1) is 16.3. The average molecular weight is 302 g/mol. The number of piperazine rings is 1. The van der Waals surface area contributed by atoms with Gasteiger partial charge >= 0.3 is 0 Å². The SMILES string of the molecule is Cc1ccccc1CN1CCN(C(=O)CCl)CC1.[Cl-]. The van der Waals surface area contributed by atoms with Crippen LogP contribution in [0.15, 0.2) is 24.3 Å². The van der Waals surface area contributed by atoms with Crippen LogP contribution in [0.2, 0.25) is 0 Å². The second kappa shape index (κ2) is 7.73. The molecule has 1 fully saturated rings. The molecule has 0 spiro atoms. The molecule has 106 valence electrons. The van der Waals surface area contributed by atoms with Crippen LogP contribution in [0.25, 0.3) is 0 Å². The maximum Gasteiger partial charge on any atom is 0.237 e. The van der Waals surface area contributed by atoms with Crippen molar-refractivity contribution in [1.82, 2.24) is 9.80 Å². The molecule has 1 saturated heterocycles. The molecule has 1 aromatic rings. The van der Waals surface area contributed by atoms with E-state index in [9.17, 15) is 4.79 Å². The number of hydrogen-bond acceptors (Lipinski definition) is 2. The van der Waals surface area contributed by atoms with Gasteiger partial charge in [0.05, 0.1) is 0 Å². The van der Waals surface area contributed by atoms with E-state index in [0.717, 1.165) is 32.7 Å². The standard InChI is InChI=1S/C14H19ClN2O.ClH/c1-12-4-2-3-5-13(12)11-16-6-8-17(9-7-16)14(18)10-15;/h2-5H,6-11H2,1H3;1H/p-1. The fourth-order valence-electron chi connectivity index (χ4n) is 2.27. The molecule has 2 rings (SSSR count). The Labute approximate surface area is 125 Å². The molecule has 1 heterocycles. The lowest BCUT2D eigenvalue weighted by atomic mass is 10.1. The highest BCUT2D eigenvalue weighted by Crippen LogP contribution is 2.12. The molecule has 0 saturated carbocycles. The van der Waals surface area contributed by atoms with Gasteiger partial charge in [-0.3, -0.25) is 9.69 Å². The fraction of sp³-hybridized carbons (Fsp3) is 0.500. The van der Waals surface area contributed by atoms with E-state index in [4.69, 9.17) is 11.6 Å². The van der Waals surface area contributed by atoms with Crippen LogP contribution in [0, 0.1) is 6.92 Å². The summed E-state index contributed by atoms with van der Waals surface area (Å²) in [6.07, 6.45) is 0. The molecule has 1 amide bonds. The largest absolute Gasteiger partial charge is 1.00 e. The maximum absolute atomic E-state index is 11.5. The number of amides is 1.